The van der Waals surface area contributed by atoms with Gasteiger partial charge in [0.1, 0.15) is 5.82 Å². The van der Waals surface area contributed by atoms with Gasteiger partial charge in [-0.15, -0.1) is 0 Å². The highest BCUT2D eigenvalue weighted by Gasteiger charge is 2.23. The number of nitro groups is 1. The molecule has 0 unspecified atom stereocenters. The van der Waals surface area contributed by atoms with E-state index in [0.29, 0.717) is 36.7 Å². The molecule has 0 saturated heterocycles. The van der Waals surface area contributed by atoms with Crippen LogP contribution in [0, 0.1) is 15.9 Å². The highest BCUT2D eigenvalue weighted by molar-refractivity contribution is 5.95. The Bertz CT molecular complexity index is 1040. The normalized spacial score (nSPS) is 11.8. The Hall–Kier alpha value is -3.62. The topological polar surface area (TPSA) is 102 Å². The number of rotatable bonds is 8. The van der Waals surface area contributed by atoms with Crippen molar-refractivity contribution >= 4 is 11.6 Å². The number of amides is 1. The van der Waals surface area contributed by atoms with Crippen LogP contribution in [-0.4, -0.2) is 38.5 Å². The number of hydrogen-bond donors (Lipinski definition) is 0. The minimum atomic E-state index is -0.528. The van der Waals surface area contributed by atoms with E-state index in [4.69, 9.17) is 4.52 Å². The van der Waals surface area contributed by atoms with E-state index in [-0.39, 0.29) is 29.0 Å². The van der Waals surface area contributed by atoms with Crippen LogP contribution in [0.5, 0.6) is 0 Å². The van der Waals surface area contributed by atoms with Gasteiger partial charge in [-0.2, -0.15) is 4.98 Å². The van der Waals surface area contributed by atoms with Gasteiger partial charge in [-0.25, -0.2) is 4.39 Å². The van der Waals surface area contributed by atoms with Gasteiger partial charge < -0.3 is 9.42 Å². The number of carbonyl (C=O) groups is 1. The quantitative estimate of drug-likeness (QED) is 0.404. The maximum Gasteiger partial charge on any atom is 0.270 e. The van der Waals surface area contributed by atoms with Crippen LogP contribution in [0.2, 0.25) is 0 Å². The average molecular weight is 412 g/mol. The molecule has 0 radical (unpaired) electrons. The third-order valence-electron chi connectivity index (χ3n) is 4.82. The van der Waals surface area contributed by atoms with Crippen LogP contribution in [0.15, 0.2) is 53.1 Å². The van der Waals surface area contributed by atoms with Crippen LogP contribution in [0.3, 0.4) is 0 Å². The molecule has 3 aromatic rings. The van der Waals surface area contributed by atoms with Crippen molar-refractivity contribution in [3.05, 3.63) is 75.9 Å². The first-order chi connectivity index (χ1) is 14.4. The van der Waals surface area contributed by atoms with E-state index in [9.17, 15) is 19.3 Å². The number of benzene rings is 2. The monoisotopic (exact) mass is 412 g/mol. The van der Waals surface area contributed by atoms with E-state index in [1.54, 1.807) is 23.1 Å². The van der Waals surface area contributed by atoms with E-state index < -0.39 is 4.92 Å². The Labute approximate surface area is 172 Å². The van der Waals surface area contributed by atoms with Crippen molar-refractivity contribution in [3.63, 3.8) is 0 Å². The van der Waals surface area contributed by atoms with Crippen molar-refractivity contribution in [3.8, 4) is 11.4 Å². The molecule has 2 aromatic carbocycles. The molecule has 1 heterocycles. The predicted molar refractivity (Wildman–Crippen MR) is 107 cm³/mol. The fourth-order valence-corrected chi connectivity index (χ4v) is 2.95. The second-order valence-electron chi connectivity index (χ2n) is 6.83. The fourth-order valence-electron chi connectivity index (χ4n) is 2.95. The summed E-state index contributed by atoms with van der Waals surface area (Å²) in [6.45, 7) is 4.17. The van der Waals surface area contributed by atoms with Crippen LogP contribution in [0.1, 0.15) is 36.5 Å². The van der Waals surface area contributed by atoms with E-state index in [2.05, 4.69) is 10.1 Å². The minimum absolute atomic E-state index is 0.0868. The average Bonchev–Trinajstić information content (AvgIpc) is 3.23. The summed E-state index contributed by atoms with van der Waals surface area (Å²) < 4.78 is 18.3. The van der Waals surface area contributed by atoms with Gasteiger partial charge in [-0.05, 0) is 43.7 Å². The molecule has 0 N–H and O–H groups in total. The predicted octanol–water partition coefficient (Wildman–Crippen LogP) is 4.27. The molecule has 0 aliphatic rings. The van der Waals surface area contributed by atoms with Gasteiger partial charge in [-0.3, -0.25) is 14.9 Å². The van der Waals surface area contributed by atoms with E-state index in [0.717, 1.165) is 0 Å². The van der Waals surface area contributed by atoms with Crippen molar-refractivity contribution in [2.24, 2.45) is 0 Å². The highest BCUT2D eigenvalue weighted by atomic mass is 19.1. The van der Waals surface area contributed by atoms with Gasteiger partial charge in [0, 0.05) is 42.3 Å². The number of non-ortho nitro benzene ring substituents is 1. The Balaban J connectivity index is 1.74. The molecule has 0 fully saturated rings. The van der Waals surface area contributed by atoms with Gasteiger partial charge in [0.2, 0.25) is 11.7 Å². The Kier molecular flexibility index (Phi) is 6.51. The lowest BCUT2D eigenvalue weighted by atomic mass is 10.1. The summed E-state index contributed by atoms with van der Waals surface area (Å²) in [5.41, 5.74) is 0.741. The lowest BCUT2D eigenvalue weighted by Gasteiger charge is -2.28. The largest absolute Gasteiger partial charge is 0.339 e. The second kappa shape index (κ2) is 9.25. The molecule has 156 valence electrons. The summed E-state index contributed by atoms with van der Waals surface area (Å²) in [5.74, 6) is 0.0252. The van der Waals surface area contributed by atoms with Crippen molar-refractivity contribution in [2.45, 2.75) is 32.7 Å². The zero-order valence-electron chi connectivity index (χ0n) is 16.6. The molecule has 0 bridgehead atoms. The summed E-state index contributed by atoms with van der Waals surface area (Å²) >= 11 is 0. The van der Waals surface area contributed by atoms with Gasteiger partial charge >= 0.3 is 0 Å². The highest BCUT2D eigenvalue weighted by Crippen LogP contribution is 2.19. The first kappa shape index (κ1) is 21.1. The molecule has 0 aliphatic carbocycles. The number of halogens is 1. The summed E-state index contributed by atoms with van der Waals surface area (Å²) in [7, 11) is 0. The minimum Gasteiger partial charge on any atom is -0.339 e. The van der Waals surface area contributed by atoms with Crippen molar-refractivity contribution in [2.75, 3.05) is 6.54 Å². The second-order valence-corrected chi connectivity index (χ2v) is 6.83. The van der Waals surface area contributed by atoms with Gasteiger partial charge in [-0.1, -0.05) is 18.1 Å². The van der Waals surface area contributed by atoms with E-state index in [1.165, 1.54) is 30.3 Å². The first-order valence-electron chi connectivity index (χ1n) is 9.53. The zero-order chi connectivity index (χ0) is 21.7. The lowest BCUT2D eigenvalue weighted by molar-refractivity contribution is -0.384. The summed E-state index contributed by atoms with van der Waals surface area (Å²) in [6, 6.07) is 11.3. The lowest BCUT2D eigenvalue weighted by Crippen LogP contribution is -2.39. The molecule has 8 nitrogen and oxygen atoms in total. The van der Waals surface area contributed by atoms with Crippen LogP contribution < -0.4 is 0 Å². The molecule has 30 heavy (non-hydrogen) atoms. The molecule has 3 rings (SSSR count). The number of nitro benzene ring substituents is 1. The summed E-state index contributed by atoms with van der Waals surface area (Å²) in [6.07, 6.45) is 1.03. The Morgan fingerprint density at radius 2 is 2.00 bits per heavy atom. The first-order valence-corrected chi connectivity index (χ1v) is 9.53. The van der Waals surface area contributed by atoms with Gasteiger partial charge in [0.05, 0.1) is 4.92 Å². The molecule has 9 heteroatoms. The smallest absolute Gasteiger partial charge is 0.270 e. The maximum atomic E-state index is 13.1. The molecule has 0 aliphatic heterocycles. The van der Waals surface area contributed by atoms with Gasteiger partial charge in [0.25, 0.3) is 11.6 Å². The van der Waals surface area contributed by atoms with Crippen molar-refractivity contribution in [1.29, 1.82) is 0 Å². The SMILES string of the molecule is CC[C@H](C)N(CCc1nc(-c2ccc(F)cc2)no1)C(=O)c1cccc([N+](=O)[O-])c1. The third-order valence-corrected chi connectivity index (χ3v) is 4.82. The molecule has 0 spiro atoms. The standard InChI is InChI=1S/C21H21FN4O4/c1-3-14(2)25(21(27)16-5-4-6-18(13-16)26(28)29)12-11-19-23-20(24-30-19)15-7-9-17(22)10-8-15/h4-10,13-14H,3,11-12H2,1-2H3/t14-/m0/s1. The molecule has 1 aromatic heterocycles. The van der Waals surface area contributed by atoms with Crippen molar-refractivity contribution in [1.82, 2.24) is 15.0 Å². The number of carbonyl (C=O) groups excluding carboxylic acids is 1. The molecule has 0 saturated carbocycles. The molecular weight excluding hydrogens is 391 g/mol. The fraction of sp³-hybridized carbons (Fsp3) is 0.286. The third kappa shape index (κ3) is 4.86. The van der Waals surface area contributed by atoms with Crippen LogP contribution in [-0.2, 0) is 6.42 Å². The summed E-state index contributed by atoms with van der Waals surface area (Å²) in [4.78, 5) is 29.4. The Morgan fingerprint density at radius 3 is 2.67 bits per heavy atom. The maximum absolute atomic E-state index is 13.1. The van der Waals surface area contributed by atoms with E-state index >= 15 is 0 Å². The number of nitrogens with zero attached hydrogens (tertiary/aromatic N) is 4. The molecule has 1 amide bonds. The van der Waals surface area contributed by atoms with Crippen molar-refractivity contribution < 1.29 is 18.6 Å². The summed E-state index contributed by atoms with van der Waals surface area (Å²) in [5, 5.41) is 14.9. The van der Waals surface area contributed by atoms with E-state index in [1.807, 2.05) is 13.8 Å². The Morgan fingerprint density at radius 1 is 1.27 bits per heavy atom. The van der Waals surface area contributed by atoms with Crippen LogP contribution in [0.25, 0.3) is 11.4 Å². The zero-order valence-corrected chi connectivity index (χ0v) is 16.6. The molecule has 1 atom stereocenters. The molecular formula is C21H21FN4O4. The van der Waals surface area contributed by atoms with Crippen LogP contribution >= 0.6 is 0 Å². The van der Waals surface area contributed by atoms with Crippen LogP contribution in [0.4, 0.5) is 10.1 Å². The number of hydrogen-bond acceptors (Lipinski definition) is 6. The van der Waals surface area contributed by atoms with Gasteiger partial charge in [0.15, 0.2) is 0 Å². The number of aromatic nitrogens is 2.